The van der Waals surface area contributed by atoms with Gasteiger partial charge in [-0.2, -0.15) is 0 Å². The maximum Gasteiger partial charge on any atom is 0.251 e. The third-order valence-corrected chi connectivity index (χ3v) is 5.25. The van der Waals surface area contributed by atoms with E-state index in [0.717, 1.165) is 16.9 Å². The fourth-order valence-electron chi connectivity index (χ4n) is 3.68. The zero-order valence-corrected chi connectivity index (χ0v) is 17.8. The van der Waals surface area contributed by atoms with Crippen molar-refractivity contribution in [1.29, 1.82) is 0 Å². The molecule has 1 heterocycles. The molecule has 3 aromatic carbocycles. The maximum atomic E-state index is 12.9. The summed E-state index contributed by atoms with van der Waals surface area (Å²) in [6.07, 6.45) is 0. The first-order valence-corrected chi connectivity index (χ1v) is 10.1. The molecule has 6 nitrogen and oxygen atoms in total. The minimum Gasteiger partial charge on any atom is -0.493 e. The Morgan fingerprint density at radius 1 is 0.968 bits per heavy atom. The van der Waals surface area contributed by atoms with Crippen LogP contribution in [0.4, 0.5) is 0 Å². The Balaban J connectivity index is 1.64. The fourth-order valence-corrected chi connectivity index (χ4v) is 3.68. The Morgan fingerprint density at radius 3 is 2.42 bits per heavy atom. The number of hydrogen-bond donors (Lipinski definition) is 1. The van der Waals surface area contributed by atoms with Crippen molar-refractivity contribution in [2.75, 3.05) is 14.2 Å². The molecule has 0 aliphatic rings. The first-order valence-electron chi connectivity index (χ1n) is 10.1. The molecule has 0 saturated carbocycles. The number of aromatic nitrogens is 2. The Hall–Kier alpha value is -3.80. The fraction of sp³-hybridized carbons (Fsp3) is 0.200. The van der Waals surface area contributed by atoms with Crippen molar-refractivity contribution in [3.8, 4) is 11.5 Å². The van der Waals surface area contributed by atoms with Crippen LogP contribution >= 0.6 is 0 Å². The van der Waals surface area contributed by atoms with E-state index in [4.69, 9.17) is 14.5 Å². The van der Waals surface area contributed by atoms with Crippen LogP contribution in [0.25, 0.3) is 11.0 Å². The van der Waals surface area contributed by atoms with Gasteiger partial charge in [0.05, 0.1) is 31.3 Å². The standard InChI is InChI=1S/C25H25N3O3/c1-17(26-25(29)19-13-14-22(30-2)23(15-19)31-3)24-27-20-11-7-8-12-21(20)28(24)16-18-9-5-4-6-10-18/h4-15,17H,16H2,1-3H3,(H,26,29). The first kappa shape index (κ1) is 20.5. The van der Waals surface area contributed by atoms with E-state index in [9.17, 15) is 4.79 Å². The number of para-hydroxylation sites is 2. The smallest absolute Gasteiger partial charge is 0.251 e. The highest BCUT2D eigenvalue weighted by atomic mass is 16.5. The predicted molar refractivity (Wildman–Crippen MR) is 121 cm³/mol. The Bertz CT molecular complexity index is 1200. The van der Waals surface area contributed by atoms with Crippen LogP contribution in [0.3, 0.4) is 0 Å². The molecule has 0 spiro atoms. The number of fused-ring (bicyclic) bond motifs is 1. The van der Waals surface area contributed by atoms with E-state index in [2.05, 4.69) is 28.1 Å². The summed E-state index contributed by atoms with van der Waals surface area (Å²) < 4.78 is 12.7. The van der Waals surface area contributed by atoms with Crippen molar-refractivity contribution in [3.63, 3.8) is 0 Å². The lowest BCUT2D eigenvalue weighted by Gasteiger charge is -2.17. The highest BCUT2D eigenvalue weighted by Crippen LogP contribution is 2.28. The highest BCUT2D eigenvalue weighted by Gasteiger charge is 2.20. The molecule has 1 amide bonds. The van der Waals surface area contributed by atoms with Gasteiger partial charge in [0, 0.05) is 12.1 Å². The lowest BCUT2D eigenvalue weighted by molar-refractivity contribution is 0.0937. The summed E-state index contributed by atoms with van der Waals surface area (Å²) in [5.41, 5.74) is 3.61. The number of ether oxygens (including phenoxy) is 2. The summed E-state index contributed by atoms with van der Waals surface area (Å²) in [5, 5.41) is 3.07. The molecular weight excluding hydrogens is 390 g/mol. The SMILES string of the molecule is COc1ccc(C(=O)NC(C)c2nc3ccccc3n2Cc2ccccc2)cc1OC. The van der Waals surface area contributed by atoms with Crippen LogP contribution in [0.2, 0.25) is 0 Å². The molecule has 0 fully saturated rings. The van der Waals surface area contributed by atoms with Crippen molar-refractivity contribution in [2.24, 2.45) is 0 Å². The first-order chi connectivity index (χ1) is 15.1. The van der Waals surface area contributed by atoms with Gasteiger partial charge in [0.2, 0.25) is 0 Å². The van der Waals surface area contributed by atoms with Crippen LogP contribution < -0.4 is 14.8 Å². The minimum atomic E-state index is -0.295. The molecule has 1 atom stereocenters. The quantitative estimate of drug-likeness (QED) is 0.479. The van der Waals surface area contributed by atoms with Gasteiger partial charge in [0.25, 0.3) is 5.91 Å². The van der Waals surface area contributed by atoms with Crippen molar-refractivity contribution < 1.29 is 14.3 Å². The molecule has 6 heteroatoms. The number of nitrogens with zero attached hydrogens (tertiary/aromatic N) is 2. The van der Waals surface area contributed by atoms with Gasteiger partial charge in [-0.3, -0.25) is 4.79 Å². The zero-order chi connectivity index (χ0) is 21.8. The van der Waals surface area contributed by atoms with Crippen molar-refractivity contribution in [1.82, 2.24) is 14.9 Å². The lowest BCUT2D eigenvalue weighted by atomic mass is 10.1. The largest absolute Gasteiger partial charge is 0.493 e. The summed E-state index contributed by atoms with van der Waals surface area (Å²) in [6.45, 7) is 2.62. The average Bonchev–Trinajstić information content (AvgIpc) is 3.17. The van der Waals surface area contributed by atoms with Gasteiger partial charge in [-0.1, -0.05) is 42.5 Å². The highest BCUT2D eigenvalue weighted by molar-refractivity contribution is 5.95. The number of rotatable bonds is 7. The van der Waals surface area contributed by atoms with Crippen LogP contribution in [0.1, 0.15) is 34.7 Å². The molecular formula is C25H25N3O3. The third-order valence-electron chi connectivity index (χ3n) is 5.25. The van der Waals surface area contributed by atoms with E-state index in [1.165, 1.54) is 5.56 Å². The minimum absolute atomic E-state index is 0.202. The second-order valence-electron chi connectivity index (χ2n) is 7.30. The summed E-state index contributed by atoms with van der Waals surface area (Å²) in [7, 11) is 3.12. The Morgan fingerprint density at radius 2 is 1.68 bits per heavy atom. The van der Waals surface area contributed by atoms with E-state index in [-0.39, 0.29) is 11.9 Å². The maximum absolute atomic E-state index is 12.9. The molecule has 1 aromatic heterocycles. The van der Waals surface area contributed by atoms with Gasteiger partial charge in [-0.25, -0.2) is 4.98 Å². The van der Waals surface area contributed by atoms with Crippen molar-refractivity contribution >= 4 is 16.9 Å². The number of hydrogen-bond acceptors (Lipinski definition) is 4. The normalized spacial score (nSPS) is 11.8. The van der Waals surface area contributed by atoms with E-state index in [1.54, 1.807) is 32.4 Å². The van der Waals surface area contributed by atoms with Crippen LogP contribution in [-0.4, -0.2) is 29.7 Å². The van der Waals surface area contributed by atoms with E-state index < -0.39 is 0 Å². The third kappa shape index (κ3) is 4.23. The van der Waals surface area contributed by atoms with Crippen LogP contribution in [0.5, 0.6) is 11.5 Å². The second kappa shape index (κ2) is 8.92. The Kier molecular flexibility index (Phi) is 5.89. The molecule has 0 aliphatic heterocycles. The van der Waals surface area contributed by atoms with Gasteiger partial charge in [0.15, 0.2) is 11.5 Å². The van der Waals surface area contributed by atoms with Crippen molar-refractivity contribution in [2.45, 2.75) is 19.5 Å². The molecule has 0 aliphatic carbocycles. The van der Waals surface area contributed by atoms with E-state index in [1.807, 2.05) is 43.3 Å². The summed E-state index contributed by atoms with van der Waals surface area (Å²) >= 11 is 0. The Labute approximate surface area is 181 Å². The predicted octanol–water partition coefficient (Wildman–Crippen LogP) is 4.59. The van der Waals surface area contributed by atoms with Gasteiger partial charge < -0.3 is 19.4 Å². The second-order valence-corrected chi connectivity index (χ2v) is 7.30. The van der Waals surface area contributed by atoms with Gasteiger partial charge in [-0.05, 0) is 42.8 Å². The lowest BCUT2D eigenvalue weighted by Crippen LogP contribution is -2.29. The van der Waals surface area contributed by atoms with Crippen LogP contribution in [0.15, 0.2) is 72.8 Å². The monoisotopic (exact) mass is 415 g/mol. The molecule has 0 saturated heterocycles. The van der Waals surface area contributed by atoms with Crippen LogP contribution in [0, 0.1) is 0 Å². The number of carbonyl (C=O) groups is 1. The summed E-state index contributed by atoms with van der Waals surface area (Å²) in [6, 6.07) is 23.1. The van der Waals surface area contributed by atoms with Gasteiger partial charge >= 0.3 is 0 Å². The topological polar surface area (TPSA) is 65.4 Å². The number of nitrogens with one attached hydrogen (secondary N) is 1. The molecule has 1 unspecified atom stereocenters. The molecule has 0 bridgehead atoms. The van der Waals surface area contributed by atoms with E-state index >= 15 is 0 Å². The number of methoxy groups -OCH3 is 2. The summed E-state index contributed by atoms with van der Waals surface area (Å²) in [4.78, 5) is 17.8. The van der Waals surface area contributed by atoms with E-state index in [0.29, 0.717) is 23.6 Å². The number of benzene rings is 3. The van der Waals surface area contributed by atoms with Gasteiger partial charge in [-0.15, -0.1) is 0 Å². The molecule has 4 rings (SSSR count). The average molecular weight is 415 g/mol. The number of imidazole rings is 1. The molecule has 0 radical (unpaired) electrons. The van der Waals surface area contributed by atoms with Crippen LogP contribution in [-0.2, 0) is 6.54 Å². The zero-order valence-electron chi connectivity index (χ0n) is 17.8. The molecule has 1 N–H and O–H groups in total. The van der Waals surface area contributed by atoms with Gasteiger partial charge in [0.1, 0.15) is 5.82 Å². The summed E-state index contributed by atoms with van der Waals surface area (Å²) in [5.74, 6) is 1.70. The molecule has 4 aromatic rings. The molecule has 31 heavy (non-hydrogen) atoms. The van der Waals surface area contributed by atoms with Crippen molar-refractivity contribution in [3.05, 3.63) is 89.7 Å². The molecule has 158 valence electrons. The number of amides is 1. The number of carbonyl (C=O) groups excluding carboxylic acids is 1.